The lowest BCUT2D eigenvalue weighted by atomic mass is 10.00. The number of rotatable bonds is 7. The lowest BCUT2D eigenvalue weighted by Crippen LogP contribution is -2.44. The zero-order valence-corrected chi connectivity index (χ0v) is 16.9. The molecule has 0 saturated carbocycles. The van der Waals surface area contributed by atoms with Gasteiger partial charge in [0.15, 0.2) is 5.78 Å². The molecule has 2 heterocycles. The van der Waals surface area contributed by atoms with Crippen LogP contribution in [-0.4, -0.2) is 33.3 Å². The van der Waals surface area contributed by atoms with Gasteiger partial charge in [-0.3, -0.25) is 19.1 Å². The Bertz CT molecular complexity index is 1030. The van der Waals surface area contributed by atoms with Gasteiger partial charge >= 0.3 is 0 Å². The van der Waals surface area contributed by atoms with Crippen molar-refractivity contribution < 1.29 is 14.4 Å². The maximum Gasteiger partial charge on any atom is 0.255 e. The summed E-state index contributed by atoms with van der Waals surface area (Å²) in [5.41, 5.74) is 1.64. The number of benzene rings is 1. The topological polar surface area (TPSA) is 81.1 Å². The molecule has 1 atom stereocenters. The number of Topliss-reactive ketones (excluding diaryl/α,β-unsaturated/α-hetero) is 2. The zero-order chi connectivity index (χ0) is 20.3. The molecule has 1 unspecified atom stereocenters. The van der Waals surface area contributed by atoms with Crippen molar-refractivity contribution in [3.63, 3.8) is 0 Å². The first-order chi connectivity index (χ1) is 13.3. The molecule has 3 aromatic rings. The van der Waals surface area contributed by atoms with E-state index in [4.69, 9.17) is 11.6 Å². The lowest BCUT2D eigenvalue weighted by Gasteiger charge is -2.16. The van der Waals surface area contributed by atoms with Crippen molar-refractivity contribution in [3.05, 3.63) is 64.1 Å². The van der Waals surface area contributed by atoms with Crippen LogP contribution >= 0.6 is 22.9 Å². The Balaban J connectivity index is 1.88. The number of carbonyl (C=O) groups excluding carboxylic acids is 3. The van der Waals surface area contributed by atoms with Gasteiger partial charge in [0.05, 0.1) is 20.8 Å². The van der Waals surface area contributed by atoms with Crippen LogP contribution in [0, 0.1) is 0 Å². The molecule has 6 nitrogen and oxygen atoms in total. The third-order valence-corrected chi connectivity index (χ3v) is 5.37. The van der Waals surface area contributed by atoms with E-state index in [9.17, 15) is 14.4 Å². The van der Waals surface area contributed by atoms with E-state index in [1.807, 2.05) is 30.3 Å². The number of nitrogens with zero attached hydrogens (tertiary/aromatic N) is 2. The molecule has 8 heteroatoms. The largest absolute Gasteiger partial charge is 0.341 e. The van der Waals surface area contributed by atoms with Gasteiger partial charge in [-0.1, -0.05) is 41.9 Å². The molecule has 0 bridgehead atoms. The molecule has 2 aromatic heterocycles. The number of halogens is 1. The standard InChI is InChI=1S/C20H18ClN3O3S/c1-12(25)19(26)15(10-13-6-4-3-5-7-13)22-20(27)14-11-24(2)23-18(14)16-8-9-17(21)28-16/h3-9,11,15H,10H2,1-2H3,(H,22,27). The van der Waals surface area contributed by atoms with Gasteiger partial charge in [-0.25, -0.2) is 0 Å². The van der Waals surface area contributed by atoms with E-state index in [1.54, 1.807) is 25.4 Å². The maximum absolute atomic E-state index is 12.9. The Morgan fingerprint density at radius 3 is 2.50 bits per heavy atom. The normalized spacial score (nSPS) is 11.8. The lowest BCUT2D eigenvalue weighted by molar-refractivity contribution is -0.136. The number of hydrogen-bond donors (Lipinski definition) is 1. The fourth-order valence-corrected chi connectivity index (χ4v) is 3.86. The van der Waals surface area contributed by atoms with Crippen LogP contribution in [-0.2, 0) is 23.1 Å². The van der Waals surface area contributed by atoms with Gasteiger partial charge in [-0.2, -0.15) is 5.10 Å². The van der Waals surface area contributed by atoms with Crippen LogP contribution in [0.3, 0.4) is 0 Å². The average molecular weight is 416 g/mol. The Labute approximate surface area is 171 Å². The Kier molecular flexibility index (Phi) is 6.06. The summed E-state index contributed by atoms with van der Waals surface area (Å²) in [6.07, 6.45) is 1.81. The third kappa shape index (κ3) is 4.55. The van der Waals surface area contributed by atoms with Crippen LogP contribution in [0.1, 0.15) is 22.8 Å². The van der Waals surface area contributed by atoms with Crippen molar-refractivity contribution >= 4 is 40.4 Å². The molecule has 0 fully saturated rings. The Morgan fingerprint density at radius 1 is 1.18 bits per heavy atom. The summed E-state index contributed by atoms with van der Waals surface area (Å²) in [6.45, 7) is 1.20. The molecule has 0 radical (unpaired) electrons. The molecule has 0 aliphatic heterocycles. The Hall–Kier alpha value is -2.77. The van der Waals surface area contributed by atoms with Gasteiger partial charge in [0.2, 0.25) is 5.78 Å². The van der Waals surface area contributed by atoms with Crippen molar-refractivity contribution in [2.24, 2.45) is 7.05 Å². The molecule has 0 spiro atoms. The smallest absolute Gasteiger partial charge is 0.255 e. The molecule has 1 aromatic carbocycles. The van der Waals surface area contributed by atoms with E-state index in [-0.39, 0.29) is 6.42 Å². The molecular formula is C20H18ClN3O3S. The summed E-state index contributed by atoms with van der Waals surface area (Å²) in [5.74, 6) is -1.71. The molecule has 3 rings (SSSR count). The van der Waals surface area contributed by atoms with Crippen LogP contribution in [0.4, 0.5) is 0 Å². The van der Waals surface area contributed by atoms with Gasteiger partial charge in [0, 0.05) is 26.6 Å². The summed E-state index contributed by atoms with van der Waals surface area (Å²) < 4.78 is 2.11. The molecule has 0 aliphatic rings. The molecule has 144 valence electrons. The highest BCUT2D eigenvalue weighted by Crippen LogP contribution is 2.32. The predicted octanol–water partition coefficient (Wildman–Crippen LogP) is 3.30. The average Bonchev–Trinajstić information content (AvgIpc) is 3.26. The van der Waals surface area contributed by atoms with E-state index >= 15 is 0 Å². The second kappa shape index (κ2) is 8.50. The number of hydrogen-bond acceptors (Lipinski definition) is 5. The number of amides is 1. The third-order valence-electron chi connectivity index (χ3n) is 4.13. The highest BCUT2D eigenvalue weighted by atomic mass is 35.5. The molecular weight excluding hydrogens is 398 g/mol. The summed E-state index contributed by atoms with van der Waals surface area (Å²) in [4.78, 5) is 37.7. The molecule has 28 heavy (non-hydrogen) atoms. The minimum Gasteiger partial charge on any atom is -0.341 e. The van der Waals surface area contributed by atoms with Crippen molar-refractivity contribution in [1.29, 1.82) is 0 Å². The number of thiophene rings is 1. The minimum atomic E-state index is -0.952. The fraction of sp³-hybridized carbons (Fsp3) is 0.200. The van der Waals surface area contributed by atoms with Gasteiger partial charge in [-0.15, -0.1) is 11.3 Å². The quantitative estimate of drug-likeness (QED) is 0.600. The number of aromatic nitrogens is 2. The van der Waals surface area contributed by atoms with Crippen LogP contribution < -0.4 is 5.32 Å². The highest BCUT2D eigenvalue weighted by Gasteiger charge is 2.27. The first kappa shape index (κ1) is 20.0. The van der Waals surface area contributed by atoms with Gasteiger partial charge < -0.3 is 5.32 Å². The summed E-state index contributed by atoms with van der Waals surface area (Å²) in [7, 11) is 1.71. The minimum absolute atomic E-state index is 0.228. The van der Waals surface area contributed by atoms with E-state index in [0.717, 1.165) is 10.4 Å². The van der Waals surface area contributed by atoms with E-state index < -0.39 is 23.5 Å². The van der Waals surface area contributed by atoms with Gasteiger partial charge in [-0.05, 0) is 17.7 Å². The second-order valence-corrected chi connectivity index (χ2v) is 8.02. The van der Waals surface area contributed by atoms with E-state index in [0.29, 0.717) is 15.6 Å². The predicted molar refractivity (Wildman–Crippen MR) is 109 cm³/mol. The first-order valence-electron chi connectivity index (χ1n) is 8.54. The van der Waals surface area contributed by atoms with Crippen LogP contribution in [0.2, 0.25) is 4.34 Å². The molecule has 0 aliphatic carbocycles. The molecule has 0 saturated heterocycles. The van der Waals surface area contributed by atoms with Crippen LogP contribution in [0.5, 0.6) is 0 Å². The number of ketones is 2. The zero-order valence-electron chi connectivity index (χ0n) is 15.3. The second-order valence-electron chi connectivity index (χ2n) is 6.31. The summed E-state index contributed by atoms with van der Waals surface area (Å²) in [6, 6.07) is 11.8. The van der Waals surface area contributed by atoms with Crippen LogP contribution in [0.25, 0.3) is 10.6 Å². The number of carbonyl (C=O) groups is 3. The SMILES string of the molecule is CC(=O)C(=O)C(Cc1ccccc1)NC(=O)c1cn(C)nc1-c1ccc(Cl)s1. The van der Waals surface area contributed by atoms with E-state index in [2.05, 4.69) is 10.4 Å². The van der Waals surface area contributed by atoms with E-state index in [1.165, 1.54) is 22.9 Å². The highest BCUT2D eigenvalue weighted by molar-refractivity contribution is 7.19. The monoisotopic (exact) mass is 415 g/mol. The summed E-state index contributed by atoms with van der Waals surface area (Å²) >= 11 is 7.31. The van der Waals surface area contributed by atoms with Gasteiger partial charge in [0.25, 0.3) is 5.91 Å². The Morgan fingerprint density at radius 2 is 1.89 bits per heavy atom. The van der Waals surface area contributed by atoms with Crippen LogP contribution in [0.15, 0.2) is 48.7 Å². The number of aryl methyl sites for hydroxylation is 1. The van der Waals surface area contributed by atoms with Crippen molar-refractivity contribution in [1.82, 2.24) is 15.1 Å². The van der Waals surface area contributed by atoms with Crippen molar-refractivity contribution in [2.45, 2.75) is 19.4 Å². The van der Waals surface area contributed by atoms with Gasteiger partial charge in [0.1, 0.15) is 5.69 Å². The number of nitrogens with one attached hydrogen (secondary N) is 1. The van der Waals surface area contributed by atoms with Crippen molar-refractivity contribution in [3.8, 4) is 10.6 Å². The first-order valence-corrected chi connectivity index (χ1v) is 9.73. The fourth-order valence-electron chi connectivity index (χ4n) is 2.82. The van der Waals surface area contributed by atoms with Crippen molar-refractivity contribution in [2.75, 3.05) is 0 Å². The molecule has 1 amide bonds. The summed E-state index contributed by atoms with van der Waals surface area (Å²) in [5, 5.41) is 7.04. The maximum atomic E-state index is 12.9. The molecule has 1 N–H and O–H groups in total.